The lowest BCUT2D eigenvalue weighted by Crippen LogP contribution is -2.69. The first-order valence-electron chi connectivity index (χ1n) is 10.9. The highest BCUT2D eigenvalue weighted by Crippen LogP contribution is 2.60. The number of aromatic amines is 1. The summed E-state index contributed by atoms with van der Waals surface area (Å²) in [4.78, 5) is 7.92. The highest BCUT2D eigenvalue weighted by Gasteiger charge is 2.65. The molecule has 0 amide bonds. The van der Waals surface area contributed by atoms with Crippen LogP contribution in [-0.4, -0.2) is 43.3 Å². The van der Waals surface area contributed by atoms with Gasteiger partial charge in [0.1, 0.15) is 0 Å². The summed E-state index contributed by atoms with van der Waals surface area (Å²) in [5, 5.41) is 8.66. The fourth-order valence-electron chi connectivity index (χ4n) is 6.07. The monoisotopic (exact) mass is 380 g/mol. The van der Waals surface area contributed by atoms with Crippen LogP contribution in [0.1, 0.15) is 43.2 Å². The van der Waals surface area contributed by atoms with Gasteiger partial charge in [-0.3, -0.25) is 4.99 Å². The minimum absolute atomic E-state index is 0.355. The van der Waals surface area contributed by atoms with Crippen LogP contribution in [0.5, 0.6) is 0 Å². The average molecular weight is 381 g/mol. The number of aryl methyl sites for hydroxylation is 1. The van der Waals surface area contributed by atoms with Crippen molar-refractivity contribution in [3.63, 3.8) is 0 Å². The minimum Gasteiger partial charge on any atom is -0.377 e. The number of nitrogens with zero attached hydrogens (tertiary/aromatic N) is 1. The maximum atomic E-state index is 6.11. The van der Waals surface area contributed by atoms with Gasteiger partial charge in [0.05, 0.1) is 6.10 Å². The van der Waals surface area contributed by atoms with Crippen LogP contribution in [-0.2, 0) is 11.2 Å². The number of aliphatic imine (C=N–C) groups is 1. The zero-order valence-electron chi connectivity index (χ0n) is 17.1. The molecule has 2 heterocycles. The summed E-state index contributed by atoms with van der Waals surface area (Å²) >= 11 is 0. The first-order valence-corrected chi connectivity index (χ1v) is 10.9. The van der Waals surface area contributed by atoms with E-state index in [2.05, 4.69) is 51.9 Å². The molecular formula is C23H32N4O. The largest absolute Gasteiger partial charge is 0.377 e. The smallest absolute Gasteiger partial charge is 0.191 e. The highest BCUT2D eigenvalue weighted by molar-refractivity contribution is 5.84. The van der Waals surface area contributed by atoms with E-state index in [-0.39, 0.29) is 0 Å². The Morgan fingerprint density at radius 3 is 3.00 bits per heavy atom. The van der Waals surface area contributed by atoms with Gasteiger partial charge >= 0.3 is 0 Å². The molecule has 2 saturated carbocycles. The number of rotatable bonds is 4. The van der Waals surface area contributed by atoms with E-state index < -0.39 is 0 Å². The number of ether oxygens (including phenoxy) is 1. The van der Waals surface area contributed by atoms with Crippen LogP contribution in [0.4, 0.5) is 0 Å². The Morgan fingerprint density at radius 2 is 2.18 bits per heavy atom. The molecule has 3 fully saturated rings. The molecule has 3 N–H and O–H groups in total. The Labute approximate surface area is 167 Å². The van der Waals surface area contributed by atoms with Gasteiger partial charge in [-0.25, -0.2) is 0 Å². The van der Waals surface area contributed by atoms with Crippen LogP contribution in [0.25, 0.3) is 10.9 Å². The Bertz CT molecular complexity index is 880. The van der Waals surface area contributed by atoms with Crippen molar-refractivity contribution >= 4 is 16.9 Å². The second-order valence-electron chi connectivity index (χ2n) is 8.92. The number of nitrogens with one attached hydrogen (secondary N) is 3. The predicted octanol–water partition coefficient (Wildman–Crippen LogP) is 3.53. The van der Waals surface area contributed by atoms with Gasteiger partial charge in [-0.15, -0.1) is 0 Å². The van der Waals surface area contributed by atoms with E-state index in [0.717, 1.165) is 25.5 Å². The summed E-state index contributed by atoms with van der Waals surface area (Å²) in [6.07, 6.45) is 10.1. The van der Waals surface area contributed by atoms with Gasteiger partial charge in [0.25, 0.3) is 0 Å². The van der Waals surface area contributed by atoms with Crippen LogP contribution in [0.2, 0.25) is 0 Å². The van der Waals surface area contributed by atoms with Crippen molar-refractivity contribution in [2.45, 2.75) is 57.6 Å². The van der Waals surface area contributed by atoms with Crippen LogP contribution < -0.4 is 10.6 Å². The predicted molar refractivity (Wildman–Crippen MR) is 114 cm³/mol. The fourth-order valence-corrected chi connectivity index (χ4v) is 6.07. The molecule has 1 aliphatic heterocycles. The van der Waals surface area contributed by atoms with Crippen molar-refractivity contribution < 1.29 is 4.74 Å². The molecule has 5 heteroatoms. The molecule has 5 rings (SSSR count). The maximum absolute atomic E-state index is 6.11. The van der Waals surface area contributed by atoms with Gasteiger partial charge in [0.15, 0.2) is 5.96 Å². The number of hydrogen-bond acceptors (Lipinski definition) is 2. The average Bonchev–Trinajstić information content (AvgIpc) is 3.43. The van der Waals surface area contributed by atoms with Gasteiger partial charge < -0.3 is 20.4 Å². The summed E-state index contributed by atoms with van der Waals surface area (Å²) in [6, 6.07) is 7.14. The molecule has 3 unspecified atom stereocenters. The SMILES string of the molecule is CN=C(NCCc1c[nH]c2cc(C)ccc12)NC1C2CCOC2C12CCCC2. The summed E-state index contributed by atoms with van der Waals surface area (Å²) in [6.45, 7) is 3.95. The zero-order chi connectivity index (χ0) is 19.1. The summed E-state index contributed by atoms with van der Waals surface area (Å²) in [5.74, 6) is 1.60. The van der Waals surface area contributed by atoms with Crippen molar-refractivity contribution in [2.24, 2.45) is 16.3 Å². The van der Waals surface area contributed by atoms with E-state index >= 15 is 0 Å². The number of guanidine groups is 1. The van der Waals surface area contributed by atoms with E-state index in [9.17, 15) is 0 Å². The Balaban J connectivity index is 1.21. The summed E-state index contributed by atoms with van der Waals surface area (Å²) in [5.41, 5.74) is 4.23. The van der Waals surface area contributed by atoms with Crippen LogP contribution >= 0.6 is 0 Å². The Hall–Kier alpha value is -2.01. The number of benzene rings is 1. The highest BCUT2D eigenvalue weighted by atomic mass is 16.5. The van der Waals surface area contributed by atoms with E-state index in [0.29, 0.717) is 23.5 Å². The summed E-state index contributed by atoms with van der Waals surface area (Å²) < 4.78 is 6.11. The molecule has 1 spiro atoms. The normalized spacial score (nSPS) is 28.5. The standard InChI is InChI=1S/C23H32N4O/c1-15-5-6-17-16(14-26-19(17)13-15)7-11-25-22(24-2)27-20-18-8-12-28-21(18)23(20)9-3-4-10-23/h5-6,13-14,18,20-21,26H,3-4,7-12H2,1-2H3,(H2,24,25,27). The molecular weight excluding hydrogens is 348 g/mol. The third-order valence-corrected chi connectivity index (χ3v) is 7.41. The number of hydrogen-bond donors (Lipinski definition) is 3. The maximum Gasteiger partial charge on any atom is 0.191 e. The zero-order valence-corrected chi connectivity index (χ0v) is 17.1. The topological polar surface area (TPSA) is 61.4 Å². The molecule has 5 nitrogen and oxygen atoms in total. The lowest BCUT2D eigenvalue weighted by Gasteiger charge is -2.57. The van der Waals surface area contributed by atoms with Gasteiger partial charge in [0, 0.05) is 54.7 Å². The molecule has 3 atom stereocenters. The van der Waals surface area contributed by atoms with Crippen LogP contribution in [0, 0.1) is 18.3 Å². The molecule has 2 aliphatic carbocycles. The van der Waals surface area contributed by atoms with Crippen molar-refractivity contribution in [1.29, 1.82) is 0 Å². The Morgan fingerprint density at radius 1 is 1.32 bits per heavy atom. The fraction of sp³-hybridized carbons (Fsp3) is 0.609. The van der Waals surface area contributed by atoms with E-state index in [1.165, 1.54) is 54.1 Å². The third-order valence-electron chi connectivity index (χ3n) is 7.41. The summed E-state index contributed by atoms with van der Waals surface area (Å²) in [7, 11) is 1.88. The molecule has 1 aromatic carbocycles. The first-order chi connectivity index (χ1) is 13.7. The molecule has 28 heavy (non-hydrogen) atoms. The van der Waals surface area contributed by atoms with E-state index in [1.807, 2.05) is 7.05 Å². The lowest BCUT2D eigenvalue weighted by molar-refractivity contribution is -0.125. The second kappa shape index (κ2) is 7.11. The first kappa shape index (κ1) is 18.0. The van der Waals surface area contributed by atoms with Crippen LogP contribution in [0.15, 0.2) is 29.4 Å². The molecule has 3 aliphatic rings. The second-order valence-corrected chi connectivity index (χ2v) is 8.92. The van der Waals surface area contributed by atoms with E-state index in [4.69, 9.17) is 4.74 Å². The molecule has 1 aromatic heterocycles. The van der Waals surface area contributed by atoms with Crippen molar-refractivity contribution in [1.82, 2.24) is 15.6 Å². The molecule has 150 valence electrons. The molecule has 0 radical (unpaired) electrons. The Kier molecular flexibility index (Phi) is 4.58. The molecule has 0 bridgehead atoms. The van der Waals surface area contributed by atoms with Crippen molar-refractivity contribution in [3.05, 3.63) is 35.5 Å². The lowest BCUT2D eigenvalue weighted by atomic mass is 9.54. The number of aromatic nitrogens is 1. The molecule has 1 saturated heterocycles. The number of H-pyrrole nitrogens is 1. The van der Waals surface area contributed by atoms with Gasteiger partial charge in [0.2, 0.25) is 0 Å². The minimum atomic E-state index is 0.355. The van der Waals surface area contributed by atoms with Crippen LogP contribution in [0.3, 0.4) is 0 Å². The number of fused-ring (bicyclic) bond motifs is 3. The van der Waals surface area contributed by atoms with Gasteiger partial charge in [-0.05, 0) is 49.8 Å². The quantitative estimate of drug-likeness (QED) is 0.562. The van der Waals surface area contributed by atoms with Gasteiger partial charge in [-0.2, -0.15) is 0 Å². The van der Waals surface area contributed by atoms with Crippen molar-refractivity contribution in [3.8, 4) is 0 Å². The van der Waals surface area contributed by atoms with E-state index in [1.54, 1.807) is 0 Å². The van der Waals surface area contributed by atoms with Gasteiger partial charge in [-0.1, -0.05) is 25.0 Å². The molecule has 2 aromatic rings. The van der Waals surface area contributed by atoms with Crippen molar-refractivity contribution in [2.75, 3.05) is 20.2 Å². The third kappa shape index (κ3) is 2.83.